The summed E-state index contributed by atoms with van der Waals surface area (Å²) in [6.45, 7) is 4.13. The fraction of sp³-hybridized carbons (Fsp3) is 0.167. The van der Waals surface area contributed by atoms with Gasteiger partial charge in [0.1, 0.15) is 11.4 Å². The summed E-state index contributed by atoms with van der Waals surface area (Å²) >= 11 is 6.01. The number of fused-ring (bicyclic) bond motifs is 1. The first-order valence-electron chi connectivity index (χ1n) is 7.27. The number of aryl methyl sites for hydroxylation is 1. The van der Waals surface area contributed by atoms with E-state index in [9.17, 15) is 9.18 Å². The lowest BCUT2D eigenvalue weighted by Crippen LogP contribution is -2.30. The number of furan rings is 1. The molecule has 118 valence electrons. The quantitative estimate of drug-likeness (QED) is 0.661. The molecule has 3 aromatic rings. The number of hydrogen-bond donors (Lipinski definition) is 0. The molecule has 0 unspecified atom stereocenters. The molecule has 0 aliphatic heterocycles. The molecule has 0 bridgehead atoms. The van der Waals surface area contributed by atoms with Crippen molar-refractivity contribution in [2.45, 2.75) is 13.8 Å². The van der Waals surface area contributed by atoms with Crippen molar-refractivity contribution in [1.82, 2.24) is 0 Å². The van der Waals surface area contributed by atoms with Gasteiger partial charge in [0, 0.05) is 28.2 Å². The number of carbonyl (C=O) groups is 1. The highest BCUT2D eigenvalue weighted by Gasteiger charge is 2.23. The first kappa shape index (κ1) is 15.6. The molecule has 0 aliphatic rings. The Hall–Kier alpha value is -2.33. The molecule has 2 aromatic carbocycles. The molecule has 5 heteroatoms. The summed E-state index contributed by atoms with van der Waals surface area (Å²) in [5, 5.41) is 1.40. The van der Waals surface area contributed by atoms with Crippen LogP contribution in [0.3, 0.4) is 0 Å². The average Bonchev–Trinajstić information content (AvgIpc) is 2.86. The van der Waals surface area contributed by atoms with E-state index < -0.39 is 0 Å². The Morgan fingerprint density at radius 1 is 1.22 bits per heavy atom. The van der Waals surface area contributed by atoms with E-state index in [1.807, 2.05) is 13.8 Å². The molecule has 0 N–H and O–H groups in total. The van der Waals surface area contributed by atoms with Crippen molar-refractivity contribution < 1.29 is 13.6 Å². The van der Waals surface area contributed by atoms with Gasteiger partial charge in [-0.15, -0.1) is 0 Å². The van der Waals surface area contributed by atoms with Crippen LogP contribution in [0.15, 0.2) is 46.9 Å². The van der Waals surface area contributed by atoms with Crippen LogP contribution in [-0.2, 0) is 0 Å². The molecular weight excluding hydrogens is 317 g/mol. The van der Waals surface area contributed by atoms with Crippen LogP contribution < -0.4 is 4.90 Å². The van der Waals surface area contributed by atoms with Gasteiger partial charge in [-0.1, -0.05) is 11.6 Å². The van der Waals surface area contributed by atoms with E-state index in [1.165, 1.54) is 12.1 Å². The van der Waals surface area contributed by atoms with Crippen LogP contribution in [0.5, 0.6) is 0 Å². The summed E-state index contributed by atoms with van der Waals surface area (Å²) in [6.07, 6.45) is 0. The monoisotopic (exact) mass is 331 g/mol. The molecule has 1 amide bonds. The standard InChI is InChI=1S/C18H15ClFNO2/c1-3-21(14-7-5-13(20)6-8-14)18(22)17-11(2)15-10-12(19)4-9-16(15)23-17/h4-10H,3H2,1-2H3. The number of nitrogens with zero attached hydrogens (tertiary/aromatic N) is 1. The largest absolute Gasteiger partial charge is 0.451 e. The Kier molecular flexibility index (Phi) is 4.09. The Morgan fingerprint density at radius 2 is 1.91 bits per heavy atom. The zero-order valence-electron chi connectivity index (χ0n) is 12.8. The van der Waals surface area contributed by atoms with Crippen molar-refractivity contribution >= 4 is 34.2 Å². The van der Waals surface area contributed by atoms with Gasteiger partial charge in [0.15, 0.2) is 5.76 Å². The topological polar surface area (TPSA) is 33.5 Å². The highest BCUT2D eigenvalue weighted by molar-refractivity contribution is 6.31. The van der Waals surface area contributed by atoms with Gasteiger partial charge in [0.05, 0.1) is 0 Å². The first-order valence-corrected chi connectivity index (χ1v) is 7.65. The summed E-state index contributed by atoms with van der Waals surface area (Å²) < 4.78 is 18.8. The normalized spacial score (nSPS) is 11.0. The molecule has 0 aliphatic carbocycles. The number of amides is 1. The fourth-order valence-corrected chi connectivity index (χ4v) is 2.76. The van der Waals surface area contributed by atoms with Crippen LogP contribution >= 0.6 is 11.6 Å². The van der Waals surface area contributed by atoms with Crippen LogP contribution in [-0.4, -0.2) is 12.5 Å². The van der Waals surface area contributed by atoms with Crippen LogP contribution in [0, 0.1) is 12.7 Å². The fourth-order valence-electron chi connectivity index (χ4n) is 2.58. The van der Waals surface area contributed by atoms with E-state index >= 15 is 0 Å². The van der Waals surface area contributed by atoms with E-state index in [-0.39, 0.29) is 17.5 Å². The molecule has 23 heavy (non-hydrogen) atoms. The Bertz CT molecular complexity index is 871. The van der Waals surface area contributed by atoms with E-state index in [0.717, 1.165) is 10.9 Å². The molecule has 1 heterocycles. The number of halogens is 2. The zero-order chi connectivity index (χ0) is 16.6. The maximum Gasteiger partial charge on any atom is 0.294 e. The zero-order valence-corrected chi connectivity index (χ0v) is 13.5. The van der Waals surface area contributed by atoms with E-state index in [0.29, 0.717) is 22.8 Å². The summed E-state index contributed by atoms with van der Waals surface area (Å²) in [7, 11) is 0. The molecule has 0 atom stereocenters. The van der Waals surface area contributed by atoms with E-state index in [1.54, 1.807) is 35.2 Å². The lowest BCUT2D eigenvalue weighted by atomic mass is 10.1. The Labute approximate surface area is 138 Å². The van der Waals surface area contributed by atoms with E-state index in [2.05, 4.69) is 0 Å². The second-order valence-electron chi connectivity index (χ2n) is 5.22. The van der Waals surface area contributed by atoms with E-state index in [4.69, 9.17) is 16.0 Å². The van der Waals surface area contributed by atoms with Gasteiger partial charge < -0.3 is 9.32 Å². The van der Waals surface area contributed by atoms with Gasteiger partial charge >= 0.3 is 0 Å². The number of carbonyl (C=O) groups excluding carboxylic acids is 1. The Balaban J connectivity index is 2.04. The molecule has 3 rings (SSSR count). The van der Waals surface area contributed by atoms with Crippen LogP contribution in [0.1, 0.15) is 23.0 Å². The number of hydrogen-bond acceptors (Lipinski definition) is 2. The SMILES string of the molecule is CCN(C(=O)c1oc2ccc(Cl)cc2c1C)c1ccc(F)cc1. The third-order valence-electron chi connectivity index (χ3n) is 3.79. The van der Waals surface area contributed by atoms with Gasteiger partial charge in [-0.25, -0.2) is 4.39 Å². The van der Waals surface area contributed by atoms with Crippen molar-refractivity contribution in [3.63, 3.8) is 0 Å². The summed E-state index contributed by atoms with van der Waals surface area (Å²) in [5.41, 5.74) is 1.98. The van der Waals surface area contributed by atoms with Crippen molar-refractivity contribution in [3.05, 3.63) is 64.6 Å². The van der Waals surface area contributed by atoms with Crippen molar-refractivity contribution in [3.8, 4) is 0 Å². The molecule has 0 saturated heterocycles. The minimum Gasteiger partial charge on any atom is -0.451 e. The van der Waals surface area contributed by atoms with Crippen molar-refractivity contribution in [2.75, 3.05) is 11.4 Å². The average molecular weight is 332 g/mol. The minimum atomic E-state index is -0.341. The summed E-state index contributed by atoms with van der Waals surface area (Å²) in [6, 6.07) is 11.1. The van der Waals surface area contributed by atoms with Gasteiger partial charge in [0.25, 0.3) is 5.91 Å². The van der Waals surface area contributed by atoms with Crippen LogP contribution in [0.4, 0.5) is 10.1 Å². The molecule has 0 saturated carbocycles. The van der Waals surface area contributed by atoms with Crippen LogP contribution in [0.25, 0.3) is 11.0 Å². The maximum absolute atomic E-state index is 13.1. The van der Waals surface area contributed by atoms with Gasteiger partial charge in [-0.3, -0.25) is 4.79 Å². The third-order valence-corrected chi connectivity index (χ3v) is 4.03. The maximum atomic E-state index is 13.1. The lowest BCUT2D eigenvalue weighted by Gasteiger charge is -2.20. The molecule has 1 aromatic heterocycles. The number of benzene rings is 2. The second kappa shape index (κ2) is 6.05. The molecule has 3 nitrogen and oxygen atoms in total. The number of rotatable bonds is 3. The van der Waals surface area contributed by atoms with Gasteiger partial charge in [-0.05, 0) is 56.3 Å². The molecule has 0 fully saturated rings. The smallest absolute Gasteiger partial charge is 0.294 e. The number of anilines is 1. The van der Waals surface area contributed by atoms with Crippen molar-refractivity contribution in [2.24, 2.45) is 0 Å². The third kappa shape index (κ3) is 2.82. The molecule has 0 spiro atoms. The first-order chi connectivity index (χ1) is 11.0. The van der Waals surface area contributed by atoms with Crippen LogP contribution in [0.2, 0.25) is 5.02 Å². The molecule has 0 radical (unpaired) electrons. The molecular formula is C18H15ClFNO2. The summed E-state index contributed by atoms with van der Waals surface area (Å²) in [4.78, 5) is 14.4. The van der Waals surface area contributed by atoms with Gasteiger partial charge in [0.2, 0.25) is 0 Å². The van der Waals surface area contributed by atoms with Crippen molar-refractivity contribution in [1.29, 1.82) is 0 Å². The Morgan fingerprint density at radius 3 is 2.57 bits per heavy atom. The highest BCUT2D eigenvalue weighted by Crippen LogP contribution is 2.29. The van der Waals surface area contributed by atoms with Gasteiger partial charge in [-0.2, -0.15) is 0 Å². The minimum absolute atomic E-state index is 0.260. The predicted molar refractivity (Wildman–Crippen MR) is 89.7 cm³/mol. The predicted octanol–water partition coefficient (Wildman–Crippen LogP) is 5.20. The highest BCUT2D eigenvalue weighted by atomic mass is 35.5. The second-order valence-corrected chi connectivity index (χ2v) is 5.66. The summed E-state index contributed by atoms with van der Waals surface area (Å²) in [5.74, 6) is -0.329. The lowest BCUT2D eigenvalue weighted by molar-refractivity contribution is 0.0963.